The summed E-state index contributed by atoms with van der Waals surface area (Å²) in [4.78, 5) is 25.4. The SMILES string of the molecule is CCOCCCNC(=O)NC1CC(=O)N(c2ccc(F)cc2)C1. The molecule has 1 aromatic carbocycles. The lowest BCUT2D eigenvalue weighted by atomic mass is 10.2. The minimum absolute atomic E-state index is 0.0850. The fraction of sp³-hybridized carbons (Fsp3) is 0.500. The summed E-state index contributed by atoms with van der Waals surface area (Å²) in [5.74, 6) is -0.431. The molecule has 0 bridgehead atoms. The smallest absolute Gasteiger partial charge is 0.315 e. The predicted octanol–water partition coefficient (Wildman–Crippen LogP) is 1.66. The van der Waals surface area contributed by atoms with Crippen molar-refractivity contribution in [3.63, 3.8) is 0 Å². The maximum atomic E-state index is 12.9. The van der Waals surface area contributed by atoms with E-state index in [1.165, 1.54) is 12.1 Å². The van der Waals surface area contributed by atoms with Crippen molar-refractivity contribution in [3.8, 4) is 0 Å². The van der Waals surface area contributed by atoms with Crippen molar-refractivity contribution in [2.45, 2.75) is 25.8 Å². The summed E-state index contributed by atoms with van der Waals surface area (Å²) in [6.45, 7) is 4.10. The first kappa shape index (κ1) is 17.2. The molecular weight excluding hydrogens is 301 g/mol. The van der Waals surface area contributed by atoms with Crippen molar-refractivity contribution in [2.75, 3.05) is 31.2 Å². The Hall–Kier alpha value is -2.15. The van der Waals surface area contributed by atoms with Gasteiger partial charge in [0.05, 0.1) is 6.04 Å². The van der Waals surface area contributed by atoms with Crippen LogP contribution in [0.2, 0.25) is 0 Å². The molecule has 7 heteroatoms. The van der Waals surface area contributed by atoms with Crippen LogP contribution in [-0.2, 0) is 9.53 Å². The van der Waals surface area contributed by atoms with E-state index in [1.54, 1.807) is 17.0 Å². The van der Waals surface area contributed by atoms with E-state index in [0.717, 1.165) is 6.42 Å². The molecule has 0 aliphatic carbocycles. The van der Waals surface area contributed by atoms with Gasteiger partial charge in [-0.25, -0.2) is 9.18 Å². The average Bonchev–Trinajstić information content (AvgIpc) is 2.88. The number of hydrogen-bond donors (Lipinski definition) is 2. The molecule has 1 fully saturated rings. The number of carbonyl (C=O) groups excluding carboxylic acids is 2. The number of nitrogens with one attached hydrogen (secondary N) is 2. The Bertz CT molecular complexity index is 536. The zero-order valence-electron chi connectivity index (χ0n) is 13.2. The number of hydrogen-bond acceptors (Lipinski definition) is 3. The highest BCUT2D eigenvalue weighted by atomic mass is 19.1. The molecule has 0 aromatic heterocycles. The first-order chi connectivity index (χ1) is 11.1. The first-order valence-corrected chi connectivity index (χ1v) is 7.78. The Morgan fingerprint density at radius 2 is 2.13 bits per heavy atom. The van der Waals surface area contributed by atoms with Crippen LogP contribution in [0, 0.1) is 5.82 Å². The zero-order chi connectivity index (χ0) is 16.7. The maximum absolute atomic E-state index is 12.9. The largest absolute Gasteiger partial charge is 0.382 e. The minimum atomic E-state index is -0.346. The van der Waals surface area contributed by atoms with Gasteiger partial charge in [0.25, 0.3) is 0 Å². The molecule has 1 atom stereocenters. The van der Waals surface area contributed by atoms with Crippen molar-refractivity contribution in [1.29, 1.82) is 0 Å². The molecule has 0 radical (unpaired) electrons. The van der Waals surface area contributed by atoms with E-state index in [9.17, 15) is 14.0 Å². The molecule has 1 aliphatic heterocycles. The van der Waals surface area contributed by atoms with E-state index in [4.69, 9.17) is 4.74 Å². The number of benzene rings is 1. The standard InChI is InChI=1S/C16H22FN3O3/c1-2-23-9-3-8-18-16(22)19-13-10-15(21)20(11-13)14-6-4-12(17)5-7-14/h4-7,13H,2-3,8-11H2,1H3,(H2,18,19,22). The minimum Gasteiger partial charge on any atom is -0.382 e. The molecule has 0 saturated carbocycles. The Balaban J connectivity index is 1.76. The van der Waals surface area contributed by atoms with Gasteiger partial charge < -0.3 is 20.3 Å². The molecule has 1 saturated heterocycles. The number of carbonyl (C=O) groups is 2. The highest BCUT2D eigenvalue weighted by Gasteiger charge is 2.31. The second-order valence-corrected chi connectivity index (χ2v) is 5.33. The molecule has 126 valence electrons. The Morgan fingerprint density at radius 1 is 1.39 bits per heavy atom. The molecule has 1 aliphatic rings. The summed E-state index contributed by atoms with van der Waals surface area (Å²) < 4.78 is 18.1. The van der Waals surface area contributed by atoms with Crippen LogP contribution in [0.1, 0.15) is 19.8 Å². The van der Waals surface area contributed by atoms with Gasteiger partial charge in [-0.05, 0) is 37.6 Å². The number of ether oxygens (including phenoxy) is 1. The van der Waals surface area contributed by atoms with Crippen molar-refractivity contribution >= 4 is 17.6 Å². The summed E-state index contributed by atoms with van der Waals surface area (Å²) in [6.07, 6.45) is 0.982. The van der Waals surface area contributed by atoms with E-state index in [-0.39, 0.29) is 30.2 Å². The molecule has 1 aromatic rings. The van der Waals surface area contributed by atoms with Crippen LogP contribution in [0.15, 0.2) is 24.3 Å². The van der Waals surface area contributed by atoms with Gasteiger partial charge in [-0.1, -0.05) is 0 Å². The summed E-state index contributed by atoms with van der Waals surface area (Å²) in [5, 5.41) is 5.52. The van der Waals surface area contributed by atoms with Gasteiger partial charge in [-0.15, -0.1) is 0 Å². The maximum Gasteiger partial charge on any atom is 0.315 e. The molecule has 1 heterocycles. The van der Waals surface area contributed by atoms with E-state index in [2.05, 4.69) is 10.6 Å². The molecule has 1 unspecified atom stereocenters. The van der Waals surface area contributed by atoms with E-state index in [0.29, 0.717) is 32.0 Å². The number of urea groups is 1. The number of anilines is 1. The van der Waals surface area contributed by atoms with Gasteiger partial charge in [0.15, 0.2) is 0 Å². The zero-order valence-corrected chi connectivity index (χ0v) is 13.2. The van der Waals surface area contributed by atoms with Crippen LogP contribution in [0.5, 0.6) is 0 Å². The second kappa shape index (κ2) is 8.47. The van der Waals surface area contributed by atoms with E-state index in [1.807, 2.05) is 6.92 Å². The molecule has 2 N–H and O–H groups in total. The first-order valence-electron chi connectivity index (χ1n) is 7.78. The number of halogens is 1. The van der Waals surface area contributed by atoms with Gasteiger partial charge in [0, 0.05) is 38.4 Å². The van der Waals surface area contributed by atoms with Gasteiger partial charge in [0.2, 0.25) is 5.91 Å². The van der Waals surface area contributed by atoms with Crippen LogP contribution in [0.25, 0.3) is 0 Å². The van der Waals surface area contributed by atoms with E-state index >= 15 is 0 Å². The quantitative estimate of drug-likeness (QED) is 0.750. The molecule has 6 nitrogen and oxygen atoms in total. The molecule has 0 spiro atoms. The average molecular weight is 323 g/mol. The summed E-state index contributed by atoms with van der Waals surface area (Å²) in [7, 11) is 0. The Kier molecular flexibility index (Phi) is 6.34. The fourth-order valence-corrected chi connectivity index (χ4v) is 2.43. The van der Waals surface area contributed by atoms with Crippen LogP contribution < -0.4 is 15.5 Å². The summed E-state index contributed by atoms with van der Waals surface area (Å²) >= 11 is 0. The van der Waals surface area contributed by atoms with Crippen molar-refractivity contribution in [2.24, 2.45) is 0 Å². The monoisotopic (exact) mass is 323 g/mol. The van der Waals surface area contributed by atoms with Gasteiger partial charge >= 0.3 is 6.03 Å². The lowest BCUT2D eigenvalue weighted by Crippen LogP contribution is -2.43. The normalized spacial score (nSPS) is 17.4. The van der Waals surface area contributed by atoms with Crippen LogP contribution in [0.3, 0.4) is 0 Å². The molecule has 3 amide bonds. The fourth-order valence-electron chi connectivity index (χ4n) is 2.43. The van der Waals surface area contributed by atoms with Crippen LogP contribution in [0.4, 0.5) is 14.9 Å². The topological polar surface area (TPSA) is 70.7 Å². The van der Waals surface area contributed by atoms with Gasteiger partial charge in [0.1, 0.15) is 5.82 Å². The third-order valence-corrected chi connectivity index (χ3v) is 3.55. The van der Waals surface area contributed by atoms with Crippen molar-refractivity contribution < 1.29 is 18.7 Å². The predicted molar refractivity (Wildman–Crippen MR) is 84.8 cm³/mol. The molecule has 2 rings (SSSR count). The lowest BCUT2D eigenvalue weighted by molar-refractivity contribution is -0.117. The third-order valence-electron chi connectivity index (χ3n) is 3.55. The Morgan fingerprint density at radius 3 is 2.83 bits per heavy atom. The van der Waals surface area contributed by atoms with Crippen molar-refractivity contribution in [1.82, 2.24) is 10.6 Å². The molecule has 23 heavy (non-hydrogen) atoms. The molecular formula is C16H22FN3O3. The van der Waals surface area contributed by atoms with Crippen LogP contribution in [-0.4, -0.2) is 44.3 Å². The number of rotatable bonds is 7. The third kappa shape index (κ3) is 5.21. The van der Waals surface area contributed by atoms with Gasteiger partial charge in [-0.3, -0.25) is 4.79 Å². The van der Waals surface area contributed by atoms with Crippen molar-refractivity contribution in [3.05, 3.63) is 30.1 Å². The Labute approximate surface area is 135 Å². The van der Waals surface area contributed by atoms with Crippen LogP contribution >= 0.6 is 0 Å². The highest BCUT2D eigenvalue weighted by molar-refractivity contribution is 5.96. The summed E-state index contributed by atoms with van der Waals surface area (Å²) in [6, 6.07) is 5.20. The highest BCUT2D eigenvalue weighted by Crippen LogP contribution is 2.21. The van der Waals surface area contributed by atoms with Gasteiger partial charge in [-0.2, -0.15) is 0 Å². The number of amides is 3. The van der Waals surface area contributed by atoms with E-state index < -0.39 is 0 Å². The lowest BCUT2D eigenvalue weighted by Gasteiger charge is -2.17. The number of nitrogens with zero attached hydrogens (tertiary/aromatic N) is 1. The second-order valence-electron chi connectivity index (χ2n) is 5.33. The summed E-state index contributed by atoms with van der Waals surface area (Å²) in [5.41, 5.74) is 0.637.